The fourth-order valence-corrected chi connectivity index (χ4v) is 0.637. The Morgan fingerprint density at radius 2 is 1.00 bits per heavy atom. The molecule has 0 saturated heterocycles. The second kappa shape index (κ2) is 6.97. The summed E-state index contributed by atoms with van der Waals surface area (Å²) >= 11 is 0. The third-order valence-corrected chi connectivity index (χ3v) is 1.34. The van der Waals surface area contributed by atoms with Gasteiger partial charge in [-0.2, -0.15) is 0 Å². The molecule has 2 nitrogen and oxygen atoms in total. The molecule has 82 valence electrons. The Morgan fingerprint density at radius 1 is 0.688 bits per heavy atom. The molecule has 0 aromatic carbocycles. The second-order valence-corrected chi connectivity index (χ2v) is 2.95. The van der Waals surface area contributed by atoms with Crippen molar-refractivity contribution in [1.29, 1.82) is 0 Å². The monoisotopic (exact) mass is 214 g/mol. The maximum absolute atomic E-state index is 8.79. The van der Waals surface area contributed by atoms with Crippen LogP contribution in [0.1, 0.15) is 0 Å². The molecule has 0 saturated carbocycles. The number of allylic oxidation sites excluding steroid dienone is 6. The van der Waals surface area contributed by atoms with Gasteiger partial charge in [0.25, 0.3) is 0 Å². The first-order chi connectivity index (χ1) is 7.41. The summed E-state index contributed by atoms with van der Waals surface area (Å²) in [7, 11) is 0. The minimum Gasteiger partial charge on any atom is -0.509 e. The average Bonchev–Trinajstić information content (AvgIpc) is 2.20. The molecule has 2 heteroatoms. The summed E-state index contributed by atoms with van der Waals surface area (Å²) in [5.74, 6) is 5.32. The summed E-state index contributed by atoms with van der Waals surface area (Å²) in [6.45, 7) is 13.9. The molecule has 0 rings (SSSR count). The summed E-state index contributed by atoms with van der Waals surface area (Å²) in [4.78, 5) is 0. The van der Waals surface area contributed by atoms with Gasteiger partial charge in [0.15, 0.2) is 0 Å². The Morgan fingerprint density at radius 3 is 1.25 bits per heavy atom. The number of hydrogen-bond acceptors (Lipinski definition) is 2. The molecule has 0 aromatic rings. The van der Waals surface area contributed by atoms with Gasteiger partial charge in [-0.1, -0.05) is 38.2 Å². The maximum atomic E-state index is 8.79. The smallest absolute Gasteiger partial charge is 0.108 e. The second-order valence-electron chi connectivity index (χ2n) is 2.95. The molecule has 0 aliphatic heterocycles. The van der Waals surface area contributed by atoms with E-state index in [9.17, 15) is 0 Å². The van der Waals surface area contributed by atoms with Crippen LogP contribution in [0.2, 0.25) is 0 Å². The zero-order chi connectivity index (χ0) is 12.6. The van der Waals surface area contributed by atoms with E-state index in [1.54, 1.807) is 0 Å². The van der Waals surface area contributed by atoms with Gasteiger partial charge in [-0.25, -0.2) is 0 Å². The lowest BCUT2D eigenvalue weighted by atomic mass is 10.2. The third kappa shape index (κ3) is 8.21. The van der Waals surface area contributed by atoms with E-state index in [1.807, 2.05) is 0 Å². The van der Waals surface area contributed by atoms with Crippen molar-refractivity contribution >= 4 is 0 Å². The lowest BCUT2D eigenvalue weighted by Crippen LogP contribution is -1.74. The van der Waals surface area contributed by atoms with Crippen molar-refractivity contribution in [3.05, 3.63) is 73.3 Å². The number of aliphatic hydroxyl groups excluding tert-OH is 2. The van der Waals surface area contributed by atoms with E-state index in [4.69, 9.17) is 10.2 Å². The van der Waals surface area contributed by atoms with Gasteiger partial charge in [-0.15, -0.1) is 0 Å². The predicted molar refractivity (Wildman–Crippen MR) is 67.9 cm³/mol. The standard InChI is InChI=1S/C14H14O2/c1-11(7-9-13(3)15)5-6-12(2)8-10-14(4)16/h7-10,15-16H,1-4H2/b9-7-,10-8-. The normalized spacial score (nSPS) is 9.75. The SMILES string of the molecule is C=C(O)/C=C\C(=C)C#CC(=C)/C=C\C(=C)O. The molecule has 0 fully saturated rings. The summed E-state index contributed by atoms with van der Waals surface area (Å²) in [5.41, 5.74) is 1.04. The highest BCUT2D eigenvalue weighted by atomic mass is 16.3. The number of rotatable bonds is 4. The van der Waals surface area contributed by atoms with Gasteiger partial charge in [-0.05, 0) is 24.3 Å². The van der Waals surface area contributed by atoms with Crippen LogP contribution in [0.15, 0.2) is 73.3 Å². The topological polar surface area (TPSA) is 40.5 Å². The minimum atomic E-state index is -0.0572. The van der Waals surface area contributed by atoms with Gasteiger partial charge in [0, 0.05) is 11.1 Å². The molecule has 16 heavy (non-hydrogen) atoms. The first-order valence-electron chi connectivity index (χ1n) is 4.43. The van der Waals surface area contributed by atoms with Crippen molar-refractivity contribution in [1.82, 2.24) is 0 Å². The molecule has 0 unspecified atom stereocenters. The van der Waals surface area contributed by atoms with E-state index >= 15 is 0 Å². The van der Waals surface area contributed by atoms with E-state index in [1.165, 1.54) is 24.3 Å². The molecular weight excluding hydrogens is 200 g/mol. The van der Waals surface area contributed by atoms with Crippen LogP contribution >= 0.6 is 0 Å². The Hall–Kier alpha value is -2.40. The van der Waals surface area contributed by atoms with Crippen LogP contribution in [0.5, 0.6) is 0 Å². The highest BCUT2D eigenvalue weighted by Gasteiger charge is 1.83. The molecule has 0 amide bonds. The van der Waals surface area contributed by atoms with Gasteiger partial charge in [-0.3, -0.25) is 0 Å². The summed E-state index contributed by atoms with van der Waals surface area (Å²) in [5, 5.41) is 17.6. The van der Waals surface area contributed by atoms with Gasteiger partial charge in [0.05, 0.1) is 0 Å². The molecule has 0 heterocycles. The molecule has 0 aliphatic rings. The van der Waals surface area contributed by atoms with Crippen LogP contribution in [0.4, 0.5) is 0 Å². The molecule has 2 N–H and O–H groups in total. The molecule has 0 atom stereocenters. The van der Waals surface area contributed by atoms with Gasteiger partial charge in [0.1, 0.15) is 11.5 Å². The van der Waals surface area contributed by atoms with Crippen molar-refractivity contribution in [3.8, 4) is 11.8 Å². The molecule has 0 aromatic heterocycles. The molecular formula is C14H14O2. The fraction of sp³-hybridized carbons (Fsp3) is 0. The zero-order valence-electron chi connectivity index (χ0n) is 9.03. The lowest BCUT2D eigenvalue weighted by molar-refractivity contribution is 0.435. The molecule has 0 bridgehead atoms. The average molecular weight is 214 g/mol. The Kier molecular flexibility index (Phi) is 5.92. The van der Waals surface area contributed by atoms with Gasteiger partial charge >= 0.3 is 0 Å². The van der Waals surface area contributed by atoms with Gasteiger partial charge < -0.3 is 10.2 Å². The van der Waals surface area contributed by atoms with Crippen molar-refractivity contribution in [3.63, 3.8) is 0 Å². The van der Waals surface area contributed by atoms with Gasteiger partial charge in [0.2, 0.25) is 0 Å². The Labute approximate surface area is 95.9 Å². The largest absolute Gasteiger partial charge is 0.509 e. The van der Waals surface area contributed by atoms with Crippen LogP contribution < -0.4 is 0 Å². The minimum absolute atomic E-state index is 0.0572. The fourth-order valence-electron chi connectivity index (χ4n) is 0.637. The predicted octanol–water partition coefficient (Wildman–Crippen LogP) is 3.36. The lowest BCUT2D eigenvalue weighted by Gasteiger charge is -1.88. The quantitative estimate of drug-likeness (QED) is 0.428. The Bertz CT molecular complexity index is 397. The highest BCUT2D eigenvalue weighted by molar-refractivity contribution is 5.45. The van der Waals surface area contributed by atoms with E-state index in [-0.39, 0.29) is 11.5 Å². The number of aliphatic hydroxyl groups is 2. The van der Waals surface area contributed by atoms with Crippen LogP contribution in [-0.2, 0) is 0 Å². The van der Waals surface area contributed by atoms with Crippen LogP contribution in [0.3, 0.4) is 0 Å². The van der Waals surface area contributed by atoms with Crippen molar-refractivity contribution < 1.29 is 10.2 Å². The first kappa shape index (κ1) is 13.6. The molecule has 0 aliphatic carbocycles. The van der Waals surface area contributed by atoms with Crippen molar-refractivity contribution in [2.45, 2.75) is 0 Å². The van der Waals surface area contributed by atoms with E-state index in [0.29, 0.717) is 11.1 Å². The van der Waals surface area contributed by atoms with E-state index < -0.39 is 0 Å². The summed E-state index contributed by atoms with van der Waals surface area (Å²) < 4.78 is 0. The van der Waals surface area contributed by atoms with Crippen LogP contribution in [0.25, 0.3) is 0 Å². The Balaban J connectivity index is 4.40. The molecule has 0 spiro atoms. The summed E-state index contributed by atoms with van der Waals surface area (Å²) in [6.07, 6.45) is 5.87. The van der Waals surface area contributed by atoms with E-state index in [2.05, 4.69) is 38.2 Å². The zero-order valence-corrected chi connectivity index (χ0v) is 9.03. The highest BCUT2D eigenvalue weighted by Crippen LogP contribution is 1.97. The number of hydrogen-bond donors (Lipinski definition) is 2. The third-order valence-electron chi connectivity index (χ3n) is 1.34. The molecule has 0 radical (unpaired) electrons. The van der Waals surface area contributed by atoms with Crippen molar-refractivity contribution in [2.75, 3.05) is 0 Å². The first-order valence-corrected chi connectivity index (χ1v) is 4.43. The van der Waals surface area contributed by atoms with E-state index in [0.717, 1.165) is 0 Å². The van der Waals surface area contributed by atoms with Crippen LogP contribution in [0, 0.1) is 11.8 Å². The van der Waals surface area contributed by atoms with Crippen LogP contribution in [-0.4, -0.2) is 10.2 Å². The maximum Gasteiger partial charge on any atom is 0.108 e. The van der Waals surface area contributed by atoms with Crippen molar-refractivity contribution in [2.24, 2.45) is 0 Å². The summed E-state index contributed by atoms with van der Waals surface area (Å²) in [6, 6.07) is 0.